The third kappa shape index (κ3) is 5.81. The van der Waals surface area contributed by atoms with Crippen molar-refractivity contribution in [2.75, 3.05) is 13.2 Å². The van der Waals surface area contributed by atoms with Gasteiger partial charge in [-0.3, -0.25) is 0 Å². The van der Waals surface area contributed by atoms with Gasteiger partial charge in [-0.05, 0) is 45.0 Å². The van der Waals surface area contributed by atoms with E-state index < -0.39 is 11.0 Å². The third-order valence-corrected chi connectivity index (χ3v) is 3.78. The van der Waals surface area contributed by atoms with Gasteiger partial charge >= 0.3 is 0 Å². The van der Waals surface area contributed by atoms with E-state index in [0.717, 1.165) is 0 Å². The van der Waals surface area contributed by atoms with Gasteiger partial charge in [0.2, 0.25) is 0 Å². The molecule has 0 saturated heterocycles. The lowest BCUT2D eigenvalue weighted by atomic mass is 10.1. The first-order valence-corrected chi connectivity index (χ1v) is 7.41. The minimum Gasteiger partial charge on any atom is -0.489 e. The van der Waals surface area contributed by atoms with Crippen LogP contribution < -0.4 is 15.2 Å². The molecule has 0 fully saturated rings. The summed E-state index contributed by atoms with van der Waals surface area (Å²) in [4.78, 5) is 0.660. The second-order valence-electron chi connectivity index (χ2n) is 5.35. The van der Waals surface area contributed by atoms with E-state index in [1.54, 1.807) is 24.3 Å². The number of hydrogen-bond donors (Lipinski definition) is 2. The molecule has 3 N–H and O–H groups in total. The number of nitrogens with one attached hydrogen (secondary N) is 1. The van der Waals surface area contributed by atoms with Gasteiger partial charge in [-0.2, -0.15) is 0 Å². The highest BCUT2D eigenvalue weighted by Gasteiger charge is 2.14. The maximum Gasteiger partial charge on any atom is 0.125 e. The molecule has 0 amide bonds. The van der Waals surface area contributed by atoms with Crippen molar-refractivity contribution in [3.63, 3.8) is 0 Å². The molecule has 6 heteroatoms. The molecule has 0 heterocycles. The van der Waals surface area contributed by atoms with Crippen LogP contribution in [0.4, 0.5) is 4.39 Å². The van der Waals surface area contributed by atoms with Gasteiger partial charge in [0, 0.05) is 17.7 Å². The molecular weight excluding hydrogens is 279 g/mol. The molecular formula is C14H21FN2O2S. The molecule has 0 bridgehead atoms. The fraction of sp³-hybridized carbons (Fsp3) is 0.429. The summed E-state index contributed by atoms with van der Waals surface area (Å²) < 4.78 is 32.7. The van der Waals surface area contributed by atoms with E-state index in [0.29, 0.717) is 22.5 Å². The van der Waals surface area contributed by atoms with Crippen LogP contribution in [0.3, 0.4) is 0 Å². The number of benzene rings is 1. The quantitative estimate of drug-likeness (QED) is 0.847. The molecule has 0 aromatic heterocycles. The van der Waals surface area contributed by atoms with Crippen molar-refractivity contribution in [2.45, 2.75) is 31.2 Å². The number of ether oxygens (including phenoxy) is 1. The normalized spacial score (nSPS) is 14.2. The molecule has 112 valence electrons. The lowest BCUT2D eigenvalue weighted by Crippen LogP contribution is -2.37. The molecule has 1 rings (SSSR count). The standard InChI is InChI=1S/C14H21FN2O2S/c1-14(2,3)17-20(18)13-6-4-12(5-7-13)19-10-11(8-15)9-16/h4-8,17H,9-10,16H2,1-3H3/b11-8-. The summed E-state index contributed by atoms with van der Waals surface area (Å²) >= 11 is 0. The van der Waals surface area contributed by atoms with Crippen molar-refractivity contribution >= 4 is 11.0 Å². The second kappa shape index (κ2) is 7.52. The first-order chi connectivity index (χ1) is 9.35. The average Bonchev–Trinajstić information content (AvgIpc) is 2.38. The van der Waals surface area contributed by atoms with Gasteiger partial charge in [-0.25, -0.2) is 13.3 Å². The Labute approximate surface area is 121 Å². The van der Waals surface area contributed by atoms with Crippen molar-refractivity contribution in [3.05, 3.63) is 36.2 Å². The zero-order valence-electron chi connectivity index (χ0n) is 12.0. The van der Waals surface area contributed by atoms with Crippen LogP contribution in [0.1, 0.15) is 20.8 Å². The van der Waals surface area contributed by atoms with Crippen molar-refractivity contribution in [2.24, 2.45) is 5.73 Å². The highest BCUT2D eigenvalue weighted by Crippen LogP contribution is 2.16. The largest absolute Gasteiger partial charge is 0.489 e. The van der Waals surface area contributed by atoms with E-state index in [9.17, 15) is 8.60 Å². The summed E-state index contributed by atoms with van der Waals surface area (Å²) in [5, 5.41) is 0. The summed E-state index contributed by atoms with van der Waals surface area (Å²) in [6.07, 6.45) is 0.455. The van der Waals surface area contributed by atoms with Crippen LogP contribution >= 0.6 is 0 Å². The summed E-state index contributed by atoms with van der Waals surface area (Å²) in [5.74, 6) is 0.578. The molecule has 0 saturated carbocycles. The molecule has 1 aromatic rings. The van der Waals surface area contributed by atoms with Crippen LogP contribution in [0.25, 0.3) is 0 Å². The Bertz CT molecular complexity index is 481. The van der Waals surface area contributed by atoms with Gasteiger partial charge < -0.3 is 10.5 Å². The fourth-order valence-electron chi connectivity index (χ4n) is 1.31. The molecule has 0 aliphatic heterocycles. The number of halogens is 1. The number of nitrogens with two attached hydrogens (primary N) is 1. The molecule has 0 aliphatic rings. The van der Waals surface area contributed by atoms with Gasteiger partial charge in [-0.15, -0.1) is 0 Å². The Morgan fingerprint density at radius 1 is 1.40 bits per heavy atom. The topological polar surface area (TPSA) is 64.3 Å². The fourth-order valence-corrected chi connectivity index (χ4v) is 2.36. The van der Waals surface area contributed by atoms with Crippen molar-refractivity contribution in [1.29, 1.82) is 0 Å². The van der Waals surface area contributed by atoms with Gasteiger partial charge in [0.1, 0.15) is 23.3 Å². The Hall–Kier alpha value is -1.24. The minimum absolute atomic E-state index is 0.107. The zero-order valence-corrected chi connectivity index (χ0v) is 12.8. The number of hydrogen-bond acceptors (Lipinski definition) is 3. The lowest BCUT2D eigenvalue weighted by molar-refractivity contribution is 0.347. The van der Waals surface area contributed by atoms with Gasteiger partial charge in [-0.1, -0.05) is 0 Å². The summed E-state index contributed by atoms with van der Waals surface area (Å²) in [7, 11) is -1.27. The highest BCUT2D eigenvalue weighted by molar-refractivity contribution is 7.83. The molecule has 0 radical (unpaired) electrons. The van der Waals surface area contributed by atoms with E-state index in [1.165, 1.54) is 0 Å². The predicted octanol–water partition coefficient (Wildman–Crippen LogP) is 2.29. The maximum atomic E-state index is 12.3. The van der Waals surface area contributed by atoms with Gasteiger partial charge in [0.15, 0.2) is 0 Å². The Balaban J connectivity index is 2.63. The van der Waals surface area contributed by atoms with Crippen molar-refractivity contribution in [3.8, 4) is 5.75 Å². The zero-order chi connectivity index (χ0) is 15.2. The molecule has 1 atom stereocenters. The Morgan fingerprint density at radius 3 is 2.45 bits per heavy atom. The van der Waals surface area contributed by atoms with Crippen LogP contribution in [0.5, 0.6) is 5.75 Å². The molecule has 1 aromatic carbocycles. The van der Waals surface area contributed by atoms with Crippen LogP contribution in [0.15, 0.2) is 41.1 Å². The molecule has 1 unspecified atom stereocenters. The average molecular weight is 300 g/mol. The van der Waals surface area contributed by atoms with Crippen LogP contribution in [0.2, 0.25) is 0 Å². The van der Waals surface area contributed by atoms with E-state index >= 15 is 0 Å². The first-order valence-electron chi connectivity index (χ1n) is 6.26. The van der Waals surface area contributed by atoms with Gasteiger partial charge in [0.05, 0.1) is 11.2 Å². The lowest BCUT2D eigenvalue weighted by Gasteiger charge is -2.19. The molecule has 20 heavy (non-hydrogen) atoms. The highest BCUT2D eigenvalue weighted by atomic mass is 32.2. The second-order valence-corrected chi connectivity index (χ2v) is 6.57. The summed E-state index contributed by atoms with van der Waals surface area (Å²) in [6.45, 7) is 6.06. The Morgan fingerprint density at radius 2 is 2.00 bits per heavy atom. The summed E-state index contributed by atoms with van der Waals surface area (Å²) in [6, 6.07) is 6.82. The third-order valence-electron chi connectivity index (χ3n) is 2.28. The van der Waals surface area contributed by atoms with E-state index in [4.69, 9.17) is 10.5 Å². The van der Waals surface area contributed by atoms with Crippen LogP contribution in [-0.4, -0.2) is 22.9 Å². The SMILES string of the molecule is CC(C)(C)NS(=O)c1ccc(OC/C(=C\F)CN)cc1. The Kier molecular flexibility index (Phi) is 6.32. The summed E-state index contributed by atoms with van der Waals surface area (Å²) in [5.41, 5.74) is 5.48. The first kappa shape index (κ1) is 16.8. The van der Waals surface area contributed by atoms with Crippen LogP contribution in [0, 0.1) is 0 Å². The van der Waals surface area contributed by atoms with Crippen molar-refractivity contribution < 1.29 is 13.3 Å². The minimum atomic E-state index is -1.27. The number of rotatable bonds is 6. The monoisotopic (exact) mass is 300 g/mol. The van der Waals surface area contributed by atoms with Gasteiger partial charge in [0.25, 0.3) is 0 Å². The van der Waals surface area contributed by atoms with E-state index in [1.807, 2.05) is 20.8 Å². The van der Waals surface area contributed by atoms with E-state index in [-0.39, 0.29) is 18.7 Å². The molecule has 0 aliphatic carbocycles. The predicted molar refractivity (Wildman–Crippen MR) is 79.5 cm³/mol. The van der Waals surface area contributed by atoms with E-state index in [2.05, 4.69) is 4.72 Å². The molecule has 0 spiro atoms. The molecule has 4 nitrogen and oxygen atoms in total. The van der Waals surface area contributed by atoms with Crippen molar-refractivity contribution in [1.82, 2.24) is 4.72 Å². The smallest absolute Gasteiger partial charge is 0.125 e. The van der Waals surface area contributed by atoms with Crippen LogP contribution in [-0.2, 0) is 11.0 Å². The maximum absolute atomic E-state index is 12.3.